The molecule has 0 aliphatic carbocycles. The minimum absolute atomic E-state index is 0.498. The molecule has 0 fully saturated rings. The third-order valence-electron chi connectivity index (χ3n) is 3.06. The first kappa shape index (κ1) is 11.8. The molecule has 1 aromatic heterocycles. The third kappa shape index (κ3) is 2.53. The number of benzene rings is 1. The van der Waals surface area contributed by atoms with E-state index in [-0.39, 0.29) is 0 Å². The molecule has 1 unspecified atom stereocenters. The Bertz CT molecular complexity index is 519. The van der Waals surface area contributed by atoms with Crippen molar-refractivity contribution in [3.05, 3.63) is 46.8 Å². The summed E-state index contributed by atoms with van der Waals surface area (Å²) in [6.45, 7) is 4.08. The van der Waals surface area contributed by atoms with Crippen LogP contribution in [0.2, 0.25) is 0 Å². The Morgan fingerprint density at radius 1 is 1.35 bits per heavy atom. The second-order valence-electron chi connectivity index (χ2n) is 4.39. The van der Waals surface area contributed by atoms with Gasteiger partial charge in [-0.3, -0.25) is 4.68 Å². The van der Waals surface area contributed by atoms with E-state index in [1.54, 1.807) is 4.68 Å². The molecule has 0 bridgehead atoms. The van der Waals surface area contributed by atoms with Crippen molar-refractivity contribution in [2.45, 2.75) is 26.4 Å². The van der Waals surface area contributed by atoms with Gasteiger partial charge in [0.2, 0.25) is 0 Å². The monoisotopic (exact) mass is 231 g/mol. The maximum Gasteiger partial charge on any atom is 0.0856 e. The van der Waals surface area contributed by atoms with Crippen LogP contribution in [-0.4, -0.2) is 20.1 Å². The average molecular weight is 231 g/mol. The van der Waals surface area contributed by atoms with Gasteiger partial charge in [-0.05, 0) is 30.5 Å². The van der Waals surface area contributed by atoms with Crippen LogP contribution in [0.5, 0.6) is 0 Å². The second kappa shape index (κ2) is 4.67. The zero-order valence-electron chi connectivity index (χ0n) is 10.4. The van der Waals surface area contributed by atoms with Gasteiger partial charge in [-0.1, -0.05) is 23.4 Å². The number of aliphatic hydroxyl groups excluding tert-OH is 1. The molecule has 17 heavy (non-hydrogen) atoms. The number of hydrogen-bond acceptors (Lipinski definition) is 3. The van der Waals surface area contributed by atoms with E-state index in [0.29, 0.717) is 6.42 Å². The first-order chi connectivity index (χ1) is 8.08. The Kier molecular flexibility index (Phi) is 3.24. The predicted octanol–water partition coefficient (Wildman–Crippen LogP) is 1.71. The fraction of sp³-hybridized carbons (Fsp3) is 0.385. The summed E-state index contributed by atoms with van der Waals surface area (Å²) in [4.78, 5) is 0. The smallest absolute Gasteiger partial charge is 0.0856 e. The molecule has 0 aliphatic rings. The number of hydrogen-bond donors (Lipinski definition) is 1. The van der Waals surface area contributed by atoms with Crippen LogP contribution in [0.3, 0.4) is 0 Å². The number of nitrogens with zero attached hydrogens (tertiary/aromatic N) is 3. The Morgan fingerprint density at radius 2 is 2.12 bits per heavy atom. The molecule has 2 aromatic rings. The van der Waals surface area contributed by atoms with Gasteiger partial charge in [0.25, 0.3) is 0 Å². The summed E-state index contributed by atoms with van der Waals surface area (Å²) in [5.74, 6) is 0. The molecule has 1 atom stereocenters. The minimum Gasteiger partial charge on any atom is -0.388 e. The molecule has 1 N–H and O–H groups in total. The van der Waals surface area contributed by atoms with Crippen molar-refractivity contribution < 1.29 is 5.11 Å². The highest BCUT2D eigenvalue weighted by Gasteiger charge is 2.13. The van der Waals surface area contributed by atoms with E-state index in [4.69, 9.17) is 0 Å². The van der Waals surface area contributed by atoms with Crippen molar-refractivity contribution in [1.29, 1.82) is 0 Å². The van der Waals surface area contributed by atoms with Crippen molar-refractivity contribution in [1.82, 2.24) is 15.0 Å². The lowest BCUT2D eigenvalue weighted by molar-refractivity contribution is 0.176. The summed E-state index contributed by atoms with van der Waals surface area (Å²) in [6, 6.07) is 5.98. The van der Waals surface area contributed by atoms with E-state index in [1.165, 1.54) is 5.56 Å². The molecular weight excluding hydrogens is 214 g/mol. The molecule has 1 aromatic carbocycles. The molecule has 0 saturated carbocycles. The molecule has 2 rings (SSSR count). The van der Waals surface area contributed by atoms with E-state index in [9.17, 15) is 5.11 Å². The first-order valence-electron chi connectivity index (χ1n) is 5.67. The highest BCUT2D eigenvalue weighted by molar-refractivity contribution is 5.35. The summed E-state index contributed by atoms with van der Waals surface area (Å²) in [5.41, 5.74) is 4.11. The van der Waals surface area contributed by atoms with Crippen LogP contribution in [0.25, 0.3) is 0 Å². The molecule has 0 saturated heterocycles. The summed E-state index contributed by atoms with van der Waals surface area (Å²) >= 11 is 0. The molecule has 0 amide bonds. The summed E-state index contributed by atoms with van der Waals surface area (Å²) < 4.78 is 1.64. The Morgan fingerprint density at radius 3 is 2.76 bits per heavy atom. The Hall–Kier alpha value is -1.68. The van der Waals surface area contributed by atoms with Crippen molar-refractivity contribution in [2.75, 3.05) is 0 Å². The Balaban J connectivity index is 2.20. The highest BCUT2D eigenvalue weighted by atomic mass is 16.3. The van der Waals surface area contributed by atoms with Crippen molar-refractivity contribution in [2.24, 2.45) is 7.05 Å². The van der Waals surface area contributed by atoms with Crippen LogP contribution >= 0.6 is 0 Å². The molecule has 90 valence electrons. The largest absolute Gasteiger partial charge is 0.388 e. The standard InChI is InChI=1S/C13H17N3O/c1-9-5-4-6-12(10(9)2)13(17)7-11-8-16(3)15-14-11/h4-6,8,13,17H,7H2,1-3H3. The zero-order valence-corrected chi connectivity index (χ0v) is 10.4. The topological polar surface area (TPSA) is 50.9 Å². The molecule has 0 aliphatic heterocycles. The van der Waals surface area contributed by atoms with E-state index in [2.05, 4.69) is 10.3 Å². The quantitative estimate of drug-likeness (QED) is 0.874. The van der Waals surface area contributed by atoms with E-state index >= 15 is 0 Å². The molecule has 0 radical (unpaired) electrons. The van der Waals surface area contributed by atoms with Crippen LogP contribution in [0, 0.1) is 13.8 Å². The van der Waals surface area contributed by atoms with Gasteiger partial charge in [0.15, 0.2) is 0 Å². The zero-order chi connectivity index (χ0) is 12.4. The van der Waals surface area contributed by atoms with Crippen molar-refractivity contribution in [3.63, 3.8) is 0 Å². The number of rotatable bonds is 3. The van der Waals surface area contributed by atoms with Gasteiger partial charge in [-0.25, -0.2) is 0 Å². The summed E-state index contributed by atoms with van der Waals surface area (Å²) in [5, 5.41) is 18.1. The van der Waals surface area contributed by atoms with Crippen LogP contribution in [0.15, 0.2) is 24.4 Å². The predicted molar refractivity (Wildman–Crippen MR) is 65.6 cm³/mol. The fourth-order valence-electron chi connectivity index (χ4n) is 1.93. The maximum atomic E-state index is 10.2. The summed E-state index contributed by atoms with van der Waals surface area (Å²) in [6.07, 6.45) is 1.80. The van der Waals surface area contributed by atoms with E-state index < -0.39 is 6.10 Å². The fourth-order valence-corrected chi connectivity index (χ4v) is 1.93. The minimum atomic E-state index is -0.522. The normalized spacial score (nSPS) is 12.7. The molecule has 4 heteroatoms. The van der Waals surface area contributed by atoms with Gasteiger partial charge >= 0.3 is 0 Å². The maximum absolute atomic E-state index is 10.2. The number of aryl methyl sites for hydroxylation is 2. The van der Waals surface area contributed by atoms with Crippen LogP contribution < -0.4 is 0 Å². The Labute approximate surface area is 101 Å². The average Bonchev–Trinajstić information content (AvgIpc) is 2.68. The van der Waals surface area contributed by atoms with Crippen LogP contribution in [-0.2, 0) is 13.5 Å². The lowest BCUT2D eigenvalue weighted by atomic mass is 9.97. The van der Waals surface area contributed by atoms with Crippen molar-refractivity contribution in [3.8, 4) is 0 Å². The lowest BCUT2D eigenvalue weighted by Gasteiger charge is -2.13. The van der Waals surface area contributed by atoms with Gasteiger partial charge in [0.05, 0.1) is 11.8 Å². The highest BCUT2D eigenvalue weighted by Crippen LogP contribution is 2.22. The number of aliphatic hydroxyl groups is 1. The second-order valence-corrected chi connectivity index (χ2v) is 4.39. The van der Waals surface area contributed by atoms with Gasteiger partial charge in [-0.15, -0.1) is 5.10 Å². The molecule has 1 heterocycles. The SMILES string of the molecule is Cc1cccc(C(O)Cc2cn(C)nn2)c1C. The molecule has 0 spiro atoms. The summed E-state index contributed by atoms with van der Waals surface area (Å²) in [7, 11) is 1.82. The molecular formula is C13H17N3O. The first-order valence-corrected chi connectivity index (χ1v) is 5.67. The van der Waals surface area contributed by atoms with Crippen LogP contribution in [0.4, 0.5) is 0 Å². The van der Waals surface area contributed by atoms with Gasteiger partial charge < -0.3 is 5.11 Å². The third-order valence-corrected chi connectivity index (χ3v) is 3.06. The van der Waals surface area contributed by atoms with Crippen molar-refractivity contribution >= 4 is 0 Å². The number of aromatic nitrogens is 3. The van der Waals surface area contributed by atoms with E-state index in [0.717, 1.165) is 16.8 Å². The molecule has 4 nitrogen and oxygen atoms in total. The van der Waals surface area contributed by atoms with E-state index in [1.807, 2.05) is 45.3 Å². The van der Waals surface area contributed by atoms with Gasteiger partial charge in [0.1, 0.15) is 0 Å². The van der Waals surface area contributed by atoms with Crippen LogP contribution in [0.1, 0.15) is 28.5 Å². The van der Waals surface area contributed by atoms with Gasteiger partial charge in [0, 0.05) is 19.7 Å². The van der Waals surface area contributed by atoms with Gasteiger partial charge in [-0.2, -0.15) is 0 Å². The lowest BCUT2D eigenvalue weighted by Crippen LogP contribution is -2.05.